The highest BCUT2D eigenvalue weighted by Gasteiger charge is 2.25. The Kier molecular flexibility index (Phi) is 6.49. The van der Waals surface area contributed by atoms with Crippen LogP contribution in [0.1, 0.15) is 55.6 Å². The number of hydrogen-bond acceptors (Lipinski definition) is 0. The Bertz CT molecular complexity index is 2300. The van der Waals surface area contributed by atoms with E-state index in [1.165, 1.54) is 121 Å². The van der Waals surface area contributed by atoms with Crippen molar-refractivity contribution < 1.29 is 0 Å². The Morgan fingerprint density at radius 2 is 0.636 bits per heavy atom. The molecule has 0 bridgehead atoms. The first-order valence-corrected chi connectivity index (χ1v) is 16.0. The average Bonchev–Trinajstić information content (AvgIpc) is 3.04. The van der Waals surface area contributed by atoms with Gasteiger partial charge < -0.3 is 0 Å². The van der Waals surface area contributed by atoms with Crippen LogP contribution in [0.3, 0.4) is 0 Å². The van der Waals surface area contributed by atoms with E-state index in [1.54, 1.807) is 0 Å². The summed E-state index contributed by atoms with van der Waals surface area (Å²) in [4.78, 5) is 0. The van der Waals surface area contributed by atoms with Crippen molar-refractivity contribution in [2.75, 3.05) is 0 Å². The zero-order valence-electron chi connectivity index (χ0n) is 27.9. The number of benzene rings is 7. The van der Waals surface area contributed by atoms with Gasteiger partial charge in [-0.15, -0.1) is 0 Å². The second kappa shape index (κ2) is 10.1. The normalized spacial score (nSPS) is 11.9. The zero-order valence-corrected chi connectivity index (χ0v) is 27.9. The minimum atomic E-state index is 1.28. The van der Waals surface area contributed by atoms with Crippen molar-refractivity contribution in [1.29, 1.82) is 0 Å². The standard InChI is InChI=1S/C44H42/c1-23-25(3)29(7)40(30(8)26(23)4)42-36-17-13-14-18-37(36)44(41-31(9)27(5)24(2)28(6)32(41)10)43-38-20-19-33-15-11-12-16-34(33)35(38)21-22-39(42)43/h11-22H,1-10H3. The van der Waals surface area contributed by atoms with E-state index in [9.17, 15) is 0 Å². The lowest BCUT2D eigenvalue weighted by atomic mass is 9.77. The summed E-state index contributed by atoms with van der Waals surface area (Å²) >= 11 is 0. The van der Waals surface area contributed by atoms with E-state index < -0.39 is 0 Å². The van der Waals surface area contributed by atoms with Crippen molar-refractivity contribution in [3.63, 3.8) is 0 Å². The van der Waals surface area contributed by atoms with Crippen LogP contribution in [0.25, 0.3) is 65.3 Å². The first kappa shape index (κ1) is 28.4. The predicted molar refractivity (Wildman–Crippen MR) is 195 cm³/mol. The van der Waals surface area contributed by atoms with E-state index in [2.05, 4.69) is 142 Å². The molecule has 218 valence electrons. The molecule has 0 spiro atoms. The highest BCUT2D eigenvalue weighted by Crippen LogP contribution is 2.50. The van der Waals surface area contributed by atoms with Gasteiger partial charge in [-0.2, -0.15) is 0 Å². The third kappa shape index (κ3) is 3.76. The van der Waals surface area contributed by atoms with Gasteiger partial charge in [0.15, 0.2) is 0 Å². The molecule has 0 amide bonds. The third-order valence-corrected chi connectivity index (χ3v) is 11.4. The second-order valence-electron chi connectivity index (χ2n) is 13.2. The lowest BCUT2D eigenvalue weighted by Crippen LogP contribution is -2.03. The minimum absolute atomic E-state index is 1.28. The molecule has 0 heterocycles. The number of hydrogen-bond donors (Lipinski definition) is 0. The molecule has 7 aromatic carbocycles. The van der Waals surface area contributed by atoms with E-state index in [4.69, 9.17) is 0 Å². The van der Waals surface area contributed by atoms with E-state index in [0.717, 1.165) is 0 Å². The predicted octanol–water partition coefficient (Wildman–Crippen LogP) is 12.7. The largest absolute Gasteiger partial charge is 0.0616 e. The zero-order chi connectivity index (χ0) is 31.2. The van der Waals surface area contributed by atoms with E-state index in [1.807, 2.05) is 0 Å². The monoisotopic (exact) mass is 570 g/mol. The molecule has 0 aliphatic heterocycles. The van der Waals surface area contributed by atoms with Crippen LogP contribution in [-0.2, 0) is 0 Å². The van der Waals surface area contributed by atoms with Crippen molar-refractivity contribution in [2.45, 2.75) is 69.2 Å². The number of rotatable bonds is 2. The van der Waals surface area contributed by atoms with Crippen LogP contribution < -0.4 is 0 Å². The van der Waals surface area contributed by atoms with Crippen molar-refractivity contribution >= 4 is 43.1 Å². The molecule has 0 saturated carbocycles. The lowest BCUT2D eigenvalue weighted by Gasteiger charge is -2.26. The maximum Gasteiger partial charge on any atom is -0.00137 e. The fraction of sp³-hybridized carbons (Fsp3) is 0.227. The summed E-state index contributed by atoms with van der Waals surface area (Å²) in [6.07, 6.45) is 0. The van der Waals surface area contributed by atoms with Gasteiger partial charge in [-0.1, -0.05) is 72.8 Å². The fourth-order valence-electron chi connectivity index (χ4n) is 8.04. The first-order chi connectivity index (χ1) is 21.0. The smallest absolute Gasteiger partial charge is 0.00137 e. The fourth-order valence-corrected chi connectivity index (χ4v) is 8.04. The van der Waals surface area contributed by atoms with Gasteiger partial charge >= 0.3 is 0 Å². The molecule has 0 nitrogen and oxygen atoms in total. The van der Waals surface area contributed by atoms with Crippen LogP contribution >= 0.6 is 0 Å². The minimum Gasteiger partial charge on any atom is -0.0616 e. The van der Waals surface area contributed by atoms with E-state index in [0.29, 0.717) is 0 Å². The van der Waals surface area contributed by atoms with Crippen molar-refractivity contribution in [3.8, 4) is 22.3 Å². The van der Waals surface area contributed by atoms with Crippen LogP contribution in [0.4, 0.5) is 0 Å². The summed E-state index contributed by atoms with van der Waals surface area (Å²) in [5.74, 6) is 0. The molecule has 0 fully saturated rings. The Labute approximate surface area is 262 Å². The molecule has 0 heteroatoms. The van der Waals surface area contributed by atoms with Gasteiger partial charge in [0, 0.05) is 0 Å². The Balaban J connectivity index is 1.84. The molecule has 7 rings (SSSR count). The molecule has 0 atom stereocenters. The molecule has 0 saturated heterocycles. The van der Waals surface area contributed by atoms with Gasteiger partial charge in [-0.05, 0) is 190 Å². The summed E-state index contributed by atoms with van der Waals surface area (Å²) in [6, 6.07) is 27.5. The van der Waals surface area contributed by atoms with Crippen LogP contribution in [0.15, 0.2) is 72.8 Å². The Hall–Kier alpha value is -4.42. The van der Waals surface area contributed by atoms with Crippen molar-refractivity contribution in [3.05, 3.63) is 128 Å². The molecule has 0 aromatic heterocycles. The third-order valence-electron chi connectivity index (χ3n) is 11.4. The van der Waals surface area contributed by atoms with Gasteiger partial charge in [-0.3, -0.25) is 0 Å². The van der Waals surface area contributed by atoms with Crippen molar-refractivity contribution in [2.24, 2.45) is 0 Å². The van der Waals surface area contributed by atoms with Crippen LogP contribution in [-0.4, -0.2) is 0 Å². The summed E-state index contributed by atoms with van der Waals surface area (Å²) < 4.78 is 0. The topological polar surface area (TPSA) is 0 Å². The molecular formula is C44H42. The van der Waals surface area contributed by atoms with Crippen LogP contribution in [0.5, 0.6) is 0 Å². The van der Waals surface area contributed by atoms with Gasteiger partial charge in [0.05, 0.1) is 0 Å². The van der Waals surface area contributed by atoms with E-state index in [-0.39, 0.29) is 0 Å². The molecular weight excluding hydrogens is 528 g/mol. The highest BCUT2D eigenvalue weighted by molar-refractivity contribution is 6.30. The summed E-state index contributed by atoms with van der Waals surface area (Å²) in [5.41, 5.74) is 19.5. The molecule has 44 heavy (non-hydrogen) atoms. The average molecular weight is 571 g/mol. The van der Waals surface area contributed by atoms with Crippen molar-refractivity contribution in [1.82, 2.24) is 0 Å². The maximum absolute atomic E-state index is 2.43. The van der Waals surface area contributed by atoms with Gasteiger partial charge in [0.25, 0.3) is 0 Å². The second-order valence-corrected chi connectivity index (χ2v) is 13.2. The molecule has 0 unspecified atom stereocenters. The molecule has 0 radical (unpaired) electrons. The lowest BCUT2D eigenvalue weighted by molar-refractivity contribution is 1.18. The summed E-state index contributed by atoms with van der Waals surface area (Å²) in [7, 11) is 0. The Morgan fingerprint density at radius 3 is 1.18 bits per heavy atom. The number of fused-ring (bicyclic) bond motifs is 6. The van der Waals surface area contributed by atoms with Crippen LogP contribution in [0.2, 0.25) is 0 Å². The SMILES string of the molecule is Cc1c(C)c(C)c(-c2c3ccccc3c(-c3c(C)c(C)c(C)c(C)c3C)c3c2ccc2c4ccccc4ccc23)c(C)c1C. The molecule has 0 aliphatic rings. The molecule has 0 aliphatic carbocycles. The van der Waals surface area contributed by atoms with Gasteiger partial charge in [-0.25, -0.2) is 0 Å². The van der Waals surface area contributed by atoms with E-state index >= 15 is 0 Å². The van der Waals surface area contributed by atoms with Gasteiger partial charge in [0.1, 0.15) is 0 Å². The Morgan fingerprint density at radius 1 is 0.250 bits per heavy atom. The molecule has 0 N–H and O–H groups in total. The maximum atomic E-state index is 2.43. The highest BCUT2D eigenvalue weighted by atomic mass is 14.3. The van der Waals surface area contributed by atoms with Crippen LogP contribution in [0, 0.1) is 69.2 Å². The van der Waals surface area contributed by atoms with Gasteiger partial charge in [0.2, 0.25) is 0 Å². The molecule has 7 aromatic rings. The quantitative estimate of drug-likeness (QED) is 0.143. The summed E-state index contributed by atoms with van der Waals surface area (Å²) in [6.45, 7) is 23.1. The summed E-state index contributed by atoms with van der Waals surface area (Å²) in [5, 5.41) is 10.6. The first-order valence-electron chi connectivity index (χ1n) is 16.0.